The normalized spacial score (nSPS) is 10.5. The van der Waals surface area contributed by atoms with Gasteiger partial charge >= 0.3 is 6.03 Å². The lowest BCUT2D eigenvalue weighted by Crippen LogP contribution is -2.17. The summed E-state index contributed by atoms with van der Waals surface area (Å²) in [6, 6.07) is 6.48. The maximum Gasteiger partial charge on any atom is 0.323 e. The van der Waals surface area contributed by atoms with Crippen molar-refractivity contribution in [2.75, 3.05) is 7.11 Å². The van der Waals surface area contributed by atoms with Gasteiger partial charge in [-0.15, -0.1) is 0 Å². The first kappa shape index (κ1) is 9.54. The molecule has 0 bridgehead atoms. The molecule has 0 atom stereocenters. The second-order valence-electron chi connectivity index (χ2n) is 2.99. The Morgan fingerprint density at radius 1 is 1.40 bits per heavy atom. The van der Waals surface area contributed by atoms with E-state index in [-0.39, 0.29) is 0 Å². The monoisotopic (exact) mass is 206 g/mol. The SMILES string of the molecule is COOc1ccc2c(ccn2C(N)=O)c1. The van der Waals surface area contributed by atoms with Crippen molar-refractivity contribution in [3.05, 3.63) is 30.5 Å². The molecule has 0 aliphatic carbocycles. The molecule has 0 aliphatic rings. The molecular weight excluding hydrogens is 196 g/mol. The van der Waals surface area contributed by atoms with E-state index in [1.54, 1.807) is 30.5 Å². The summed E-state index contributed by atoms with van der Waals surface area (Å²) < 4.78 is 1.37. The van der Waals surface area contributed by atoms with Gasteiger partial charge in [0.25, 0.3) is 0 Å². The van der Waals surface area contributed by atoms with Gasteiger partial charge in [0.2, 0.25) is 0 Å². The molecule has 0 aliphatic heterocycles. The molecule has 1 aromatic heterocycles. The lowest BCUT2D eigenvalue weighted by molar-refractivity contribution is -0.178. The van der Waals surface area contributed by atoms with Crippen LogP contribution < -0.4 is 10.6 Å². The van der Waals surface area contributed by atoms with Crippen molar-refractivity contribution in [1.82, 2.24) is 4.57 Å². The zero-order valence-electron chi connectivity index (χ0n) is 8.14. The molecule has 0 spiro atoms. The Morgan fingerprint density at radius 3 is 2.87 bits per heavy atom. The van der Waals surface area contributed by atoms with Crippen LogP contribution in [0.5, 0.6) is 5.75 Å². The second kappa shape index (κ2) is 3.62. The second-order valence-corrected chi connectivity index (χ2v) is 2.99. The highest BCUT2D eigenvalue weighted by Crippen LogP contribution is 2.21. The molecular formula is C10H10N2O3. The molecule has 2 aromatic rings. The van der Waals surface area contributed by atoms with Gasteiger partial charge < -0.3 is 10.6 Å². The standard InChI is InChI=1S/C10H10N2O3/c1-14-15-8-2-3-9-7(6-8)4-5-12(9)10(11)13/h2-6H,1H3,(H2,11,13). The molecule has 78 valence electrons. The van der Waals surface area contributed by atoms with Crippen molar-refractivity contribution in [3.8, 4) is 5.75 Å². The first-order valence-electron chi connectivity index (χ1n) is 4.34. The summed E-state index contributed by atoms with van der Waals surface area (Å²) in [5.74, 6) is 0.576. The van der Waals surface area contributed by atoms with Gasteiger partial charge in [0.1, 0.15) is 0 Å². The zero-order valence-corrected chi connectivity index (χ0v) is 8.14. The molecule has 1 heterocycles. The Hall–Kier alpha value is -2.01. The third-order valence-corrected chi connectivity index (χ3v) is 2.08. The fraction of sp³-hybridized carbons (Fsp3) is 0.100. The van der Waals surface area contributed by atoms with Gasteiger partial charge in [0.05, 0.1) is 12.6 Å². The number of nitrogens with two attached hydrogens (primary N) is 1. The van der Waals surface area contributed by atoms with Crippen molar-refractivity contribution in [1.29, 1.82) is 0 Å². The minimum absolute atomic E-state index is 0.509. The summed E-state index contributed by atoms with van der Waals surface area (Å²) in [5, 5.41) is 0.864. The number of primary amides is 1. The van der Waals surface area contributed by atoms with Crippen LogP contribution in [0.4, 0.5) is 4.79 Å². The van der Waals surface area contributed by atoms with Gasteiger partial charge in [0.15, 0.2) is 5.75 Å². The minimum Gasteiger partial charge on any atom is -0.351 e. The number of aromatic nitrogens is 1. The van der Waals surface area contributed by atoms with Crippen LogP contribution in [0.15, 0.2) is 30.5 Å². The average molecular weight is 206 g/mol. The molecule has 15 heavy (non-hydrogen) atoms. The summed E-state index contributed by atoms with van der Waals surface area (Å²) in [6.45, 7) is 0. The molecule has 2 rings (SSSR count). The third-order valence-electron chi connectivity index (χ3n) is 2.08. The van der Waals surface area contributed by atoms with E-state index < -0.39 is 6.03 Å². The molecule has 5 nitrogen and oxygen atoms in total. The van der Waals surface area contributed by atoms with E-state index in [1.165, 1.54) is 11.7 Å². The lowest BCUT2D eigenvalue weighted by atomic mass is 10.2. The molecule has 1 amide bonds. The highest BCUT2D eigenvalue weighted by Gasteiger charge is 2.06. The number of fused-ring (bicyclic) bond motifs is 1. The molecule has 0 fully saturated rings. The Balaban J connectivity index is 2.51. The van der Waals surface area contributed by atoms with Gasteiger partial charge in [-0.2, -0.15) is 4.89 Å². The van der Waals surface area contributed by atoms with Crippen LogP contribution in [0, 0.1) is 0 Å². The van der Waals surface area contributed by atoms with Crippen LogP contribution in [-0.2, 0) is 4.89 Å². The molecule has 0 saturated carbocycles. The molecule has 5 heteroatoms. The van der Waals surface area contributed by atoms with Crippen LogP contribution in [-0.4, -0.2) is 17.7 Å². The van der Waals surface area contributed by atoms with E-state index >= 15 is 0 Å². The Bertz CT molecular complexity index is 504. The van der Waals surface area contributed by atoms with E-state index in [1.807, 2.05) is 0 Å². The number of hydrogen-bond acceptors (Lipinski definition) is 3. The highest BCUT2D eigenvalue weighted by atomic mass is 17.2. The minimum atomic E-state index is -0.509. The van der Waals surface area contributed by atoms with Crippen molar-refractivity contribution >= 4 is 16.9 Å². The quantitative estimate of drug-likeness (QED) is 0.598. The predicted octanol–water partition coefficient (Wildman–Crippen LogP) is 1.51. The van der Waals surface area contributed by atoms with Gasteiger partial charge in [-0.3, -0.25) is 4.57 Å². The average Bonchev–Trinajstić information content (AvgIpc) is 2.61. The van der Waals surface area contributed by atoms with Gasteiger partial charge in [-0.1, -0.05) is 0 Å². The summed E-state index contributed by atoms with van der Waals surface area (Å²) in [6.07, 6.45) is 1.61. The zero-order chi connectivity index (χ0) is 10.8. The van der Waals surface area contributed by atoms with Crippen molar-refractivity contribution in [3.63, 3.8) is 0 Å². The van der Waals surface area contributed by atoms with Gasteiger partial charge in [-0.05, 0) is 24.3 Å². The van der Waals surface area contributed by atoms with E-state index in [0.717, 1.165) is 10.9 Å². The summed E-state index contributed by atoms with van der Waals surface area (Å²) in [5.41, 5.74) is 5.93. The summed E-state index contributed by atoms with van der Waals surface area (Å²) >= 11 is 0. The fourth-order valence-corrected chi connectivity index (χ4v) is 1.46. The molecule has 0 radical (unpaired) electrons. The lowest BCUT2D eigenvalue weighted by Gasteiger charge is -2.02. The Morgan fingerprint density at radius 2 is 2.20 bits per heavy atom. The highest BCUT2D eigenvalue weighted by molar-refractivity contribution is 5.91. The maximum atomic E-state index is 11.0. The molecule has 0 saturated heterocycles. The van der Waals surface area contributed by atoms with Crippen LogP contribution >= 0.6 is 0 Å². The van der Waals surface area contributed by atoms with E-state index in [0.29, 0.717) is 5.75 Å². The first-order valence-corrected chi connectivity index (χ1v) is 4.34. The number of amides is 1. The largest absolute Gasteiger partial charge is 0.351 e. The summed E-state index contributed by atoms with van der Waals surface area (Å²) in [4.78, 5) is 20.4. The number of nitrogens with zero attached hydrogens (tertiary/aromatic N) is 1. The maximum absolute atomic E-state index is 11.0. The number of carbonyl (C=O) groups is 1. The Kier molecular flexibility index (Phi) is 2.31. The van der Waals surface area contributed by atoms with Crippen molar-refractivity contribution in [2.45, 2.75) is 0 Å². The van der Waals surface area contributed by atoms with Crippen LogP contribution in [0.3, 0.4) is 0 Å². The van der Waals surface area contributed by atoms with E-state index in [2.05, 4.69) is 4.89 Å². The number of carbonyl (C=O) groups excluding carboxylic acids is 1. The predicted molar refractivity (Wildman–Crippen MR) is 54.6 cm³/mol. The van der Waals surface area contributed by atoms with E-state index in [4.69, 9.17) is 10.6 Å². The van der Waals surface area contributed by atoms with Gasteiger partial charge in [0, 0.05) is 11.6 Å². The first-order chi connectivity index (χ1) is 7.22. The fourth-order valence-electron chi connectivity index (χ4n) is 1.46. The Labute approximate surface area is 85.9 Å². The topological polar surface area (TPSA) is 66.5 Å². The van der Waals surface area contributed by atoms with Crippen LogP contribution in [0.25, 0.3) is 10.9 Å². The third kappa shape index (κ3) is 1.64. The van der Waals surface area contributed by atoms with Crippen molar-refractivity contribution < 1.29 is 14.6 Å². The number of hydrogen-bond donors (Lipinski definition) is 1. The van der Waals surface area contributed by atoms with Crippen LogP contribution in [0.1, 0.15) is 0 Å². The molecule has 1 aromatic carbocycles. The number of benzene rings is 1. The molecule has 2 N–H and O–H groups in total. The van der Waals surface area contributed by atoms with Gasteiger partial charge in [-0.25, -0.2) is 4.79 Å². The molecule has 0 unspecified atom stereocenters. The summed E-state index contributed by atoms with van der Waals surface area (Å²) in [7, 11) is 1.43. The van der Waals surface area contributed by atoms with Crippen molar-refractivity contribution in [2.24, 2.45) is 5.73 Å². The van der Waals surface area contributed by atoms with E-state index in [9.17, 15) is 4.79 Å². The van der Waals surface area contributed by atoms with Crippen LogP contribution in [0.2, 0.25) is 0 Å². The smallest absolute Gasteiger partial charge is 0.323 e. The number of rotatable bonds is 2.